The fraction of sp³-hybridized carbons (Fsp3) is 0.929. The minimum Gasteiger partial charge on any atom is -0.434 e. The molecule has 0 aromatic heterocycles. The second-order valence-electron chi connectivity index (χ2n) is 5.95. The predicted octanol–water partition coefficient (Wildman–Crippen LogP) is 3.78. The largest absolute Gasteiger partial charge is 0.508 e. The van der Waals surface area contributed by atoms with Gasteiger partial charge in [-0.2, -0.15) is 0 Å². The highest BCUT2D eigenvalue weighted by atomic mass is 16.7. The van der Waals surface area contributed by atoms with Crippen LogP contribution in [0, 0.1) is 5.41 Å². The topological polar surface area (TPSA) is 44.8 Å². The fourth-order valence-electron chi connectivity index (χ4n) is 1.11. The zero-order valence-electron chi connectivity index (χ0n) is 12.8. The smallest absolute Gasteiger partial charge is 0.434 e. The van der Waals surface area contributed by atoms with Crippen LogP contribution in [-0.4, -0.2) is 31.1 Å². The molecule has 0 unspecified atom stereocenters. The average molecular weight is 260 g/mol. The van der Waals surface area contributed by atoms with Crippen LogP contribution >= 0.6 is 0 Å². The van der Waals surface area contributed by atoms with Gasteiger partial charge in [-0.05, 0) is 34.1 Å². The van der Waals surface area contributed by atoms with Gasteiger partial charge in [-0.3, -0.25) is 0 Å². The summed E-state index contributed by atoms with van der Waals surface area (Å²) in [4.78, 5) is 11.5. The molecule has 0 aliphatic carbocycles. The molecule has 0 atom stereocenters. The van der Waals surface area contributed by atoms with Crippen molar-refractivity contribution in [3.05, 3.63) is 0 Å². The number of carbonyl (C=O) groups excluding carboxylic acids is 1. The van der Waals surface area contributed by atoms with Gasteiger partial charge in [-0.1, -0.05) is 20.8 Å². The highest BCUT2D eigenvalue weighted by molar-refractivity contribution is 5.60. The summed E-state index contributed by atoms with van der Waals surface area (Å²) in [6, 6.07) is 0. The molecule has 0 fully saturated rings. The molecule has 4 nitrogen and oxygen atoms in total. The van der Waals surface area contributed by atoms with Gasteiger partial charge in [0.05, 0.1) is 19.3 Å². The molecule has 0 aliphatic rings. The van der Waals surface area contributed by atoms with Crippen LogP contribution in [0.25, 0.3) is 0 Å². The molecule has 4 heteroatoms. The van der Waals surface area contributed by atoms with Crippen molar-refractivity contribution in [1.82, 2.24) is 0 Å². The van der Waals surface area contributed by atoms with Crippen molar-refractivity contribution in [3.8, 4) is 0 Å². The summed E-state index contributed by atoms with van der Waals surface area (Å²) in [5.41, 5.74) is -0.935. The fourth-order valence-corrected chi connectivity index (χ4v) is 1.11. The van der Waals surface area contributed by atoms with Crippen LogP contribution in [0.5, 0.6) is 0 Å². The van der Waals surface area contributed by atoms with Crippen LogP contribution in [0.4, 0.5) is 4.79 Å². The average Bonchev–Trinajstić information content (AvgIpc) is 2.22. The predicted molar refractivity (Wildman–Crippen MR) is 71.7 cm³/mol. The molecule has 108 valence electrons. The summed E-state index contributed by atoms with van der Waals surface area (Å²) in [5.74, 6) is 0. The molecule has 0 aromatic carbocycles. The van der Waals surface area contributed by atoms with Crippen LogP contribution in [0.3, 0.4) is 0 Å². The number of hydrogen-bond acceptors (Lipinski definition) is 4. The van der Waals surface area contributed by atoms with E-state index >= 15 is 0 Å². The molecule has 0 heterocycles. The van der Waals surface area contributed by atoms with E-state index in [2.05, 4.69) is 0 Å². The van der Waals surface area contributed by atoms with E-state index in [4.69, 9.17) is 14.2 Å². The van der Waals surface area contributed by atoms with Gasteiger partial charge in [0, 0.05) is 5.41 Å². The SMILES string of the molecule is CCCOC(=O)OC(C)(C)C(C)(C)COC(C)C. The van der Waals surface area contributed by atoms with E-state index in [0.29, 0.717) is 13.2 Å². The summed E-state index contributed by atoms with van der Waals surface area (Å²) in [6.07, 6.45) is 0.335. The summed E-state index contributed by atoms with van der Waals surface area (Å²) < 4.78 is 16.0. The summed E-state index contributed by atoms with van der Waals surface area (Å²) in [7, 11) is 0. The van der Waals surface area contributed by atoms with Crippen molar-refractivity contribution in [2.45, 2.75) is 66.6 Å². The molecular formula is C14H28O4. The van der Waals surface area contributed by atoms with Crippen molar-refractivity contribution in [2.75, 3.05) is 13.2 Å². The monoisotopic (exact) mass is 260 g/mol. The Hall–Kier alpha value is -0.770. The molecule has 0 aromatic rings. The third kappa shape index (κ3) is 5.71. The van der Waals surface area contributed by atoms with Gasteiger partial charge in [-0.15, -0.1) is 0 Å². The van der Waals surface area contributed by atoms with E-state index in [1.807, 2.05) is 48.5 Å². The van der Waals surface area contributed by atoms with Gasteiger partial charge in [0.25, 0.3) is 0 Å². The first kappa shape index (κ1) is 17.2. The molecule has 0 amide bonds. The lowest BCUT2D eigenvalue weighted by atomic mass is 9.78. The third-order valence-electron chi connectivity index (χ3n) is 3.17. The number of hydrogen-bond donors (Lipinski definition) is 0. The Morgan fingerprint density at radius 1 is 1.17 bits per heavy atom. The maximum atomic E-state index is 11.5. The molecule has 0 saturated heterocycles. The minimum absolute atomic E-state index is 0.159. The van der Waals surface area contributed by atoms with Crippen molar-refractivity contribution >= 4 is 6.16 Å². The molecular weight excluding hydrogens is 232 g/mol. The van der Waals surface area contributed by atoms with Gasteiger partial charge in [-0.25, -0.2) is 4.79 Å². The molecule has 18 heavy (non-hydrogen) atoms. The van der Waals surface area contributed by atoms with E-state index in [1.54, 1.807) is 0 Å². The lowest BCUT2D eigenvalue weighted by Crippen LogP contribution is -2.46. The normalized spacial score (nSPS) is 12.7. The first-order valence-electron chi connectivity index (χ1n) is 6.59. The Kier molecular flexibility index (Phi) is 6.68. The number of rotatable bonds is 7. The summed E-state index contributed by atoms with van der Waals surface area (Å²) >= 11 is 0. The zero-order chi connectivity index (χ0) is 14.4. The van der Waals surface area contributed by atoms with Crippen LogP contribution in [0.15, 0.2) is 0 Å². The van der Waals surface area contributed by atoms with E-state index in [0.717, 1.165) is 6.42 Å². The van der Waals surface area contributed by atoms with Gasteiger partial charge in [0.1, 0.15) is 5.60 Å². The third-order valence-corrected chi connectivity index (χ3v) is 3.17. The zero-order valence-corrected chi connectivity index (χ0v) is 12.8. The van der Waals surface area contributed by atoms with Gasteiger partial charge in [0.15, 0.2) is 0 Å². The van der Waals surface area contributed by atoms with Crippen molar-refractivity contribution < 1.29 is 19.0 Å². The number of ether oxygens (including phenoxy) is 3. The Morgan fingerprint density at radius 3 is 2.17 bits per heavy atom. The van der Waals surface area contributed by atoms with Gasteiger partial charge >= 0.3 is 6.16 Å². The number of carbonyl (C=O) groups is 1. The van der Waals surface area contributed by atoms with E-state index in [-0.39, 0.29) is 11.5 Å². The van der Waals surface area contributed by atoms with E-state index in [9.17, 15) is 4.79 Å². The molecule has 0 aliphatic heterocycles. The van der Waals surface area contributed by atoms with Gasteiger partial charge in [0.2, 0.25) is 0 Å². The molecule has 0 radical (unpaired) electrons. The maximum Gasteiger partial charge on any atom is 0.508 e. The Labute approximate surface area is 111 Å². The summed E-state index contributed by atoms with van der Waals surface area (Å²) in [6.45, 7) is 14.6. The lowest BCUT2D eigenvalue weighted by Gasteiger charge is -2.40. The molecule has 0 saturated carbocycles. The maximum absolute atomic E-state index is 11.5. The quantitative estimate of drug-likeness (QED) is 0.653. The second kappa shape index (κ2) is 6.98. The van der Waals surface area contributed by atoms with Crippen LogP contribution in [0.2, 0.25) is 0 Å². The van der Waals surface area contributed by atoms with Crippen molar-refractivity contribution in [1.29, 1.82) is 0 Å². The first-order chi connectivity index (χ1) is 8.12. The van der Waals surface area contributed by atoms with Crippen LogP contribution in [0.1, 0.15) is 54.9 Å². The van der Waals surface area contributed by atoms with Crippen molar-refractivity contribution in [2.24, 2.45) is 5.41 Å². The Bertz CT molecular complexity index is 257. The second-order valence-corrected chi connectivity index (χ2v) is 5.95. The highest BCUT2D eigenvalue weighted by Gasteiger charge is 2.41. The Balaban J connectivity index is 4.44. The lowest BCUT2D eigenvalue weighted by molar-refractivity contribution is -0.113. The van der Waals surface area contributed by atoms with Crippen molar-refractivity contribution in [3.63, 3.8) is 0 Å². The van der Waals surface area contributed by atoms with Gasteiger partial charge < -0.3 is 14.2 Å². The first-order valence-corrected chi connectivity index (χ1v) is 6.59. The standard InChI is InChI=1S/C14H28O4/c1-8-9-16-12(15)18-14(6,7)13(4,5)10-17-11(2)3/h11H,8-10H2,1-7H3. The minimum atomic E-state index is -0.646. The van der Waals surface area contributed by atoms with Crippen LogP contribution in [-0.2, 0) is 14.2 Å². The molecule has 0 rings (SSSR count). The van der Waals surface area contributed by atoms with E-state index in [1.165, 1.54) is 0 Å². The summed E-state index contributed by atoms with van der Waals surface area (Å²) in [5, 5.41) is 0. The molecule has 0 spiro atoms. The molecule has 0 N–H and O–H groups in total. The van der Waals surface area contributed by atoms with Crippen LogP contribution < -0.4 is 0 Å². The van der Waals surface area contributed by atoms with E-state index < -0.39 is 11.8 Å². The molecule has 0 bridgehead atoms. The highest BCUT2D eigenvalue weighted by Crippen LogP contribution is 2.34. The Morgan fingerprint density at radius 2 is 1.72 bits per heavy atom.